The number of benzene rings is 3. The molecule has 7 heteroatoms. The van der Waals surface area contributed by atoms with Crippen molar-refractivity contribution in [2.45, 2.75) is 13.3 Å². The van der Waals surface area contributed by atoms with Gasteiger partial charge in [0, 0.05) is 35.5 Å². The Kier molecular flexibility index (Phi) is 7.59. The van der Waals surface area contributed by atoms with Crippen LogP contribution in [-0.2, 0) is 0 Å². The Balaban J connectivity index is 1.48. The van der Waals surface area contributed by atoms with Gasteiger partial charge >= 0.3 is 0 Å². The molecule has 0 unspecified atom stereocenters. The van der Waals surface area contributed by atoms with E-state index < -0.39 is 0 Å². The summed E-state index contributed by atoms with van der Waals surface area (Å²) < 4.78 is 0. The van der Waals surface area contributed by atoms with Gasteiger partial charge in [0.2, 0.25) is 0 Å². The Bertz CT molecular complexity index is 1110. The average Bonchev–Trinajstić information content (AvgIpc) is 2.80. The third-order valence-corrected chi connectivity index (χ3v) is 4.82. The SMILES string of the molecule is Cc1ccc(C(=O)NCCCNC(=O)c2cccc(O)c2)cc1NC(=O)c1ccccc1. The summed E-state index contributed by atoms with van der Waals surface area (Å²) in [6.45, 7) is 2.61. The zero-order valence-corrected chi connectivity index (χ0v) is 17.7. The molecule has 4 N–H and O–H groups in total. The fourth-order valence-electron chi connectivity index (χ4n) is 3.03. The smallest absolute Gasteiger partial charge is 0.255 e. The van der Waals surface area contributed by atoms with Crippen LogP contribution in [-0.4, -0.2) is 35.9 Å². The number of aromatic hydroxyl groups is 1. The first-order chi connectivity index (χ1) is 15.4. The Morgan fingerprint density at radius 1 is 0.719 bits per heavy atom. The predicted molar refractivity (Wildman–Crippen MR) is 123 cm³/mol. The van der Waals surface area contributed by atoms with Crippen LogP contribution in [0.5, 0.6) is 5.75 Å². The Labute approximate surface area is 186 Å². The van der Waals surface area contributed by atoms with Crippen molar-refractivity contribution in [1.29, 1.82) is 0 Å². The van der Waals surface area contributed by atoms with Crippen LogP contribution in [0.3, 0.4) is 0 Å². The molecule has 3 aromatic rings. The number of carbonyl (C=O) groups is 3. The van der Waals surface area contributed by atoms with Crippen LogP contribution < -0.4 is 16.0 Å². The highest BCUT2D eigenvalue weighted by Crippen LogP contribution is 2.18. The summed E-state index contributed by atoms with van der Waals surface area (Å²) in [5, 5.41) is 17.8. The maximum absolute atomic E-state index is 12.5. The lowest BCUT2D eigenvalue weighted by Crippen LogP contribution is -2.30. The highest BCUT2D eigenvalue weighted by molar-refractivity contribution is 6.05. The summed E-state index contributed by atoms with van der Waals surface area (Å²) in [5.74, 6) is -0.764. The zero-order chi connectivity index (χ0) is 22.9. The van der Waals surface area contributed by atoms with E-state index in [2.05, 4.69) is 16.0 Å². The molecule has 0 aliphatic carbocycles. The average molecular weight is 431 g/mol. The summed E-state index contributed by atoms with van der Waals surface area (Å²) in [7, 11) is 0. The lowest BCUT2D eigenvalue weighted by molar-refractivity contribution is 0.0949. The molecule has 0 saturated heterocycles. The number of aryl methyl sites for hydroxylation is 1. The molecule has 0 saturated carbocycles. The molecule has 32 heavy (non-hydrogen) atoms. The normalized spacial score (nSPS) is 10.3. The summed E-state index contributed by atoms with van der Waals surface area (Å²) in [4.78, 5) is 36.9. The minimum atomic E-state index is -0.287. The molecule has 3 amide bonds. The molecule has 0 aliphatic heterocycles. The minimum absolute atomic E-state index is 0.0299. The van der Waals surface area contributed by atoms with E-state index in [1.165, 1.54) is 12.1 Å². The third-order valence-electron chi connectivity index (χ3n) is 4.82. The van der Waals surface area contributed by atoms with Gasteiger partial charge in [0.25, 0.3) is 17.7 Å². The van der Waals surface area contributed by atoms with Gasteiger partial charge in [0.15, 0.2) is 0 Å². The number of nitrogens with one attached hydrogen (secondary N) is 3. The number of phenols is 1. The van der Waals surface area contributed by atoms with Gasteiger partial charge < -0.3 is 21.1 Å². The number of carbonyl (C=O) groups excluding carboxylic acids is 3. The van der Waals surface area contributed by atoms with Gasteiger partial charge in [0.05, 0.1) is 0 Å². The van der Waals surface area contributed by atoms with Crippen LogP contribution in [0.4, 0.5) is 5.69 Å². The second kappa shape index (κ2) is 10.8. The molecular formula is C25H25N3O4. The topological polar surface area (TPSA) is 108 Å². The van der Waals surface area contributed by atoms with E-state index in [0.29, 0.717) is 41.9 Å². The maximum atomic E-state index is 12.5. The molecule has 0 aliphatic rings. The van der Waals surface area contributed by atoms with Crippen molar-refractivity contribution in [3.63, 3.8) is 0 Å². The van der Waals surface area contributed by atoms with Crippen LogP contribution in [0.25, 0.3) is 0 Å². The molecule has 0 bridgehead atoms. The fourth-order valence-corrected chi connectivity index (χ4v) is 3.03. The molecule has 0 spiro atoms. The van der Waals surface area contributed by atoms with Gasteiger partial charge in [-0.3, -0.25) is 14.4 Å². The van der Waals surface area contributed by atoms with E-state index in [1.807, 2.05) is 13.0 Å². The molecule has 3 aromatic carbocycles. The van der Waals surface area contributed by atoms with Crippen LogP contribution in [0.15, 0.2) is 72.8 Å². The molecule has 3 rings (SSSR count). The number of hydrogen-bond acceptors (Lipinski definition) is 4. The zero-order valence-electron chi connectivity index (χ0n) is 17.7. The van der Waals surface area contributed by atoms with Crippen LogP contribution >= 0.6 is 0 Å². The number of anilines is 1. The van der Waals surface area contributed by atoms with Crippen molar-refractivity contribution in [2.75, 3.05) is 18.4 Å². The number of phenolic OH excluding ortho intramolecular Hbond substituents is 1. The standard InChI is InChI=1S/C25H25N3O4/c1-17-11-12-20(16-22(17)28-25(32)18-7-3-2-4-8-18)24(31)27-14-6-13-26-23(30)19-9-5-10-21(29)15-19/h2-5,7-12,15-16,29H,6,13-14H2,1H3,(H,26,30)(H,27,31)(H,28,32). The summed E-state index contributed by atoms with van der Waals surface area (Å²) in [6, 6.07) is 20.1. The molecule has 0 atom stereocenters. The van der Waals surface area contributed by atoms with E-state index in [0.717, 1.165) is 5.56 Å². The fraction of sp³-hybridized carbons (Fsp3) is 0.160. The van der Waals surface area contributed by atoms with Crippen molar-refractivity contribution in [3.05, 3.63) is 95.1 Å². The van der Waals surface area contributed by atoms with E-state index >= 15 is 0 Å². The molecule has 0 radical (unpaired) electrons. The van der Waals surface area contributed by atoms with E-state index in [-0.39, 0.29) is 23.5 Å². The van der Waals surface area contributed by atoms with Crippen molar-refractivity contribution in [2.24, 2.45) is 0 Å². The minimum Gasteiger partial charge on any atom is -0.508 e. The molecule has 0 fully saturated rings. The predicted octanol–water partition coefficient (Wildman–Crippen LogP) is 3.50. The van der Waals surface area contributed by atoms with E-state index in [1.54, 1.807) is 54.6 Å². The van der Waals surface area contributed by atoms with Gasteiger partial charge in [-0.25, -0.2) is 0 Å². The van der Waals surface area contributed by atoms with Crippen LogP contribution in [0.1, 0.15) is 43.1 Å². The maximum Gasteiger partial charge on any atom is 0.255 e. The first kappa shape index (κ1) is 22.6. The second-order valence-electron chi connectivity index (χ2n) is 7.27. The van der Waals surface area contributed by atoms with Gasteiger partial charge in [-0.1, -0.05) is 30.3 Å². The first-order valence-electron chi connectivity index (χ1n) is 10.3. The number of amides is 3. The van der Waals surface area contributed by atoms with E-state index in [4.69, 9.17) is 0 Å². The molecular weight excluding hydrogens is 406 g/mol. The third kappa shape index (κ3) is 6.18. The molecule has 7 nitrogen and oxygen atoms in total. The molecule has 0 aromatic heterocycles. The van der Waals surface area contributed by atoms with Gasteiger partial charge in [-0.05, 0) is 61.4 Å². The van der Waals surface area contributed by atoms with Crippen LogP contribution in [0, 0.1) is 6.92 Å². The lowest BCUT2D eigenvalue weighted by atomic mass is 10.1. The van der Waals surface area contributed by atoms with Crippen molar-refractivity contribution < 1.29 is 19.5 Å². The Hall–Kier alpha value is -4.13. The van der Waals surface area contributed by atoms with Gasteiger partial charge in [-0.15, -0.1) is 0 Å². The van der Waals surface area contributed by atoms with Crippen molar-refractivity contribution >= 4 is 23.4 Å². The summed E-state index contributed by atoms with van der Waals surface area (Å²) in [6.07, 6.45) is 0.541. The highest BCUT2D eigenvalue weighted by atomic mass is 16.3. The van der Waals surface area contributed by atoms with E-state index in [9.17, 15) is 19.5 Å². The van der Waals surface area contributed by atoms with Crippen LogP contribution in [0.2, 0.25) is 0 Å². The lowest BCUT2D eigenvalue weighted by Gasteiger charge is -2.11. The van der Waals surface area contributed by atoms with Crippen molar-refractivity contribution in [3.8, 4) is 5.75 Å². The van der Waals surface area contributed by atoms with Crippen molar-refractivity contribution in [1.82, 2.24) is 10.6 Å². The Morgan fingerprint density at radius 2 is 1.34 bits per heavy atom. The summed E-state index contributed by atoms with van der Waals surface area (Å²) >= 11 is 0. The number of hydrogen-bond donors (Lipinski definition) is 4. The summed E-state index contributed by atoms with van der Waals surface area (Å²) in [5.41, 5.74) is 2.77. The monoisotopic (exact) mass is 431 g/mol. The quantitative estimate of drug-likeness (QED) is 0.410. The largest absolute Gasteiger partial charge is 0.508 e. The van der Waals surface area contributed by atoms with Gasteiger partial charge in [0.1, 0.15) is 5.75 Å². The first-order valence-corrected chi connectivity index (χ1v) is 10.3. The van der Waals surface area contributed by atoms with Gasteiger partial charge in [-0.2, -0.15) is 0 Å². The Morgan fingerprint density at radius 3 is 2.00 bits per heavy atom. The second-order valence-corrected chi connectivity index (χ2v) is 7.27. The molecule has 164 valence electrons. The molecule has 0 heterocycles. The highest BCUT2D eigenvalue weighted by Gasteiger charge is 2.11. The number of rotatable bonds is 8.